The van der Waals surface area contributed by atoms with Crippen LogP contribution in [-0.4, -0.2) is 13.7 Å². The van der Waals surface area contributed by atoms with Gasteiger partial charge >= 0.3 is 0 Å². The molecule has 0 aliphatic rings. The molecule has 2 aromatic carbocycles. The van der Waals surface area contributed by atoms with Gasteiger partial charge in [-0.05, 0) is 37.3 Å². The summed E-state index contributed by atoms with van der Waals surface area (Å²) >= 11 is 3.46. The minimum absolute atomic E-state index is 0.423. The third kappa shape index (κ3) is 3.67. The minimum atomic E-state index is 0.423. The molecule has 3 nitrogen and oxygen atoms in total. The second-order valence-corrected chi connectivity index (χ2v) is 5.04. The van der Waals surface area contributed by atoms with Crippen molar-refractivity contribution in [1.29, 1.82) is 0 Å². The Morgan fingerprint density at radius 2 is 1.65 bits per heavy atom. The summed E-state index contributed by atoms with van der Waals surface area (Å²) < 4.78 is 17.7. The lowest BCUT2D eigenvalue weighted by Gasteiger charge is -2.13. The van der Waals surface area contributed by atoms with E-state index < -0.39 is 0 Å². The molecule has 2 aromatic rings. The van der Waals surface area contributed by atoms with E-state index in [0.29, 0.717) is 13.2 Å². The third-order valence-electron chi connectivity index (χ3n) is 2.77. The van der Waals surface area contributed by atoms with Gasteiger partial charge in [0.2, 0.25) is 0 Å². The topological polar surface area (TPSA) is 27.7 Å². The summed E-state index contributed by atoms with van der Waals surface area (Å²) in [5.41, 5.74) is 0.980. The van der Waals surface area contributed by atoms with Crippen molar-refractivity contribution >= 4 is 15.9 Å². The molecule has 0 aliphatic heterocycles. The summed E-state index contributed by atoms with van der Waals surface area (Å²) in [6.45, 7) is 2.99. The SMILES string of the molecule is CCOc1ccccc1OCc1cc(Br)ccc1OC. The molecule has 0 N–H and O–H groups in total. The average Bonchev–Trinajstić information content (AvgIpc) is 2.47. The Bertz CT molecular complexity index is 569. The number of methoxy groups -OCH3 is 1. The fraction of sp³-hybridized carbons (Fsp3) is 0.250. The van der Waals surface area contributed by atoms with Crippen molar-refractivity contribution in [2.24, 2.45) is 0 Å². The molecular formula is C16H17BrO3. The van der Waals surface area contributed by atoms with Crippen LogP contribution < -0.4 is 14.2 Å². The zero-order chi connectivity index (χ0) is 14.4. The van der Waals surface area contributed by atoms with E-state index in [1.165, 1.54) is 0 Å². The maximum absolute atomic E-state index is 5.85. The van der Waals surface area contributed by atoms with Gasteiger partial charge in [-0.1, -0.05) is 28.1 Å². The average molecular weight is 337 g/mol. The lowest BCUT2D eigenvalue weighted by molar-refractivity contribution is 0.265. The van der Waals surface area contributed by atoms with E-state index >= 15 is 0 Å². The maximum Gasteiger partial charge on any atom is 0.161 e. The molecule has 0 aliphatic carbocycles. The lowest BCUT2D eigenvalue weighted by atomic mass is 10.2. The second-order valence-electron chi connectivity index (χ2n) is 4.12. The zero-order valence-electron chi connectivity index (χ0n) is 11.6. The molecule has 0 aromatic heterocycles. The van der Waals surface area contributed by atoms with Crippen molar-refractivity contribution in [2.75, 3.05) is 13.7 Å². The number of para-hydroxylation sites is 2. The van der Waals surface area contributed by atoms with Crippen molar-refractivity contribution < 1.29 is 14.2 Å². The molecule has 0 saturated carbocycles. The Hall–Kier alpha value is -1.68. The molecule has 106 valence electrons. The van der Waals surface area contributed by atoms with E-state index in [9.17, 15) is 0 Å². The number of benzene rings is 2. The van der Waals surface area contributed by atoms with Gasteiger partial charge in [-0.25, -0.2) is 0 Å². The van der Waals surface area contributed by atoms with Crippen LogP contribution in [0.3, 0.4) is 0 Å². The van der Waals surface area contributed by atoms with Crippen LogP contribution in [-0.2, 0) is 6.61 Å². The molecule has 0 fully saturated rings. The van der Waals surface area contributed by atoms with Crippen LogP contribution in [0.1, 0.15) is 12.5 Å². The fourth-order valence-electron chi connectivity index (χ4n) is 1.86. The molecule has 0 amide bonds. The van der Waals surface area contributed by atoms with E-state index in [1.54, 1.807) is 7.11 Å². The summed E-state index contributed by atoms with van der Waals surface area (Å²) in [5.74, 6) is 2.29. The number of hydrogen-bond acceptors (Lipinski definition) is 3. The van der Waals surface area contributed by atoms with Gasteiger partial charge in [0.05, 0.1) is 13.7 Å². The second kappa shape index (κ2) is 7.20. The van der Waals surface area contributed by atoms with E-state index in [0.717, 1.165) is 27.3 Å². The molecule has 2 rings (SSSR count). The first-order valence-corrected chi connectivity index (χ1v) is 7.21. The van der Waals surface area contributed by atoms with Crippen LogP contribution in [0.4, 0.5) is 0 Å². The predicted molar refractivity (Wildman–Crippen MR) is 82.6 cm³/mol. The summed E-state index contributed by atoms with van der Waals surface area (Å²) in [6.07, 6.45) is 0. The van der Waals surface area contributed by atoms with Gasteiger partial charge in [0.15, 0.2) is 11.5 Å². The monoisotopic (exact) mass is 336 g/mol. The minimum Gasteiger partial charge on any atom is -0.496 e. The summed E-state index contributed by atoms with van der Waals surface area (Å²) in [6, 6.07) is 13.5. The van der Waals surface area contributed by atoms with E-state index in [2.05, 4.69) is 15.9 Å². The van der Waals surface area contributed by atoms with Crippen LogP contribution in [0.5, 0.6) is 17.2 Å². The van der Waals surface area contributed by atoms with Gasteiger partial charge in [-0.3, -0.25) is 0 Å². The largest absolute Gasteiger partial charge is 0.496 e. The highest BCUT2D eigenvalue weighted by Crippen LogP contribution is 2.29. The number of hydrogen-bond donors (Lipinski definition) is 0. The number of rotatable bonds is 6. The summed E-state index contributed by atoms with van der Waals surface area (Å²) in [5, 5.41) is 0. The molecule has 20 heavy (non-hydrogen) atoms. The highest BCUT2D eigenvalue weighted by atomic mass is 79.9. The molecule has 0 heterocycles. The van der Waals surface area contributed by atoms with E-state index in [4.69, 9.17) is 14.2 Å². The first kappa shape index (κ1) is 14.7. The first-order valence-electron chi connectivity index (χ1n) is 6.41. The molecule has 0 saturated heterocycles. The highest BCUT2D eigenvalue weighted by molar-refractivity contribution is 9.10. The Labute approximate surface area is 127 Å². The third-order valence-corrected chi connectivity index (χ3v) is 3.27. The lowest BCUT2D eigenvalue weighted by Crippen LogP contribution is -2.01. The first-order chi connectivity index (χ1) is 9.74. The molecule has 0 spiro atoms. The fourth-order valence-corrected chi connectivity index (χ4v) is 2.27. The Morgan fingerprint density at radius 3 is 2.30 bits per heavy atom. The van der Waals surface area contributed by atoms with Crippen molar-refractivity contribution in [3.8, 4) is 17.2 Å². The van der Waals surface area contributed by atoms with Gasteiger partial charge in [-0.2, -0.15) is 0 Å². The van der Waals surface area contributed by atoms with Crippen molar-refractivity contribution in [3.05, 3.63) is 52.5 Å². The quantitative estimate of drug-likeness (QED) is 0.780. The number of ether oxygens (including phenoxy) is 3. The molecule has 0 unspecified atom stereocenters. The smallest absolute Gasteiger partial charge is 0.161 e. The van der Waals surface area contributed by atoms with Crippen LogP contribution in [0, 0.1) is 0 Å². The number of halogens is 1. The standard InChI is InChI=1S/C16H17BrO3/c1-3-19-15-6-4-5-7-16(15)20-11-12-10-13(17)8-9-14(12)18-2/h4-10H,3,11H2,1-2H3. The van der Waals surface area contributed by atoms with Crippen LogP contribution in [0.25, 0.3) is 0 Å². The predicted octanol–water partition coefficient (Wildman–Crippen LogP) is 4.44. The van der Waals surface area contributed by atoms with Gasteiger partial charge in [-0.15, -0.1) is 0 Å². The zero-order valence-corrected chi connectivity index (χ0v) is 13.1. The normalized spacial score (nSPS) is 10.2. The van der Waals surface area contributed by atoms with Crippen LogP contribution in [0.2, 0.25) is 0 Å². The molecule has 0 atom stereocenters. The van der Waals surface area contributed by atoms with E-state index in [-0.39, 0.29) is 0 Å². The van der Waals surface area contributed by atoms with Crippen molar-refractivity contribution in [2.45, 2.75) is 13.5 Å². The summed E-state index contributed by atoms with van der Waals surface area (Å²) in [7, 11) is 1.65. The Morgan fingerprint density at radius 1 is 0.950 bits per heavy atom. The molecule has 0 bridgehead atoms. The van der Waals surface area contributed by atoms with Crippen molar-refractivity contribution in [1.82, 2.24) is 0 Å². The van der Waals surface area contributed by atoms with Gasteiger partial charge in [0.25, 0.3) is 0 Å². The Kier molecular flexibility index (Phi) is 5.30. The summed E-state index contributed by atoms with van der Waals surface area (Å²) in [4.78, 5) is 0. The van der Waals surface area contributed by atoms with Crippen molar-refractivity contribution in [3.63, 3.8) is 0 Å². The van der Waals surface area contributed by atoms with Crippen LogP contribution in [0.15, 0.2) is 46.9 Å². The molecule has 4 heteroatoms. The molecular weight excluding hydrogens is 320 g/mol. The Balaban J connectivity index is 2.14. The van der Waals surface area contributed by atoms with E-state index in [1.807, 2.05) is 49.4 Å². The van der Waals surface area contributed by atoms with Crippen LogP contribution >= 0.6 is 15.9 Å². The van der Waals surface area contributed by atoms with Gasteiger partial charge in [0, 0.05) is 10.0 Å². The highest BCUT2D eigenvalue weighted by Gasteiger charge is 2.07. The van der Waals surface area contributed by atoms with Gasteiger partial charge in [0.1, 0.15) is 12.4 Å². The molecule has 0 radical (unpaired) electrons. The maximum atomic E-state index is 5.85. The van der Waals surface area contributed by atoms with Gasteiger partial charge < -0.3 is 14.2 Å².